The molecule has 36 heavy (non-hydrogen) atoms. The molecular formula is C25H28Cl2N4O4S. The monoisotopic (exact) mass is 550 g/mol. The van der Waals surface area contributed by atoms with Gasteiger partial charge in [-0.15, -0.1) is 0 Å². The number of hydrogen-bond donors (Lipinski definition) is 3. The second-order valence-electron chi connectivity index (χ2n) is 9.20. The van der Waals surface area contributed by atoms with Crippen molar-refractivity contribution in [3.8, 4) is 0 Å². The lowest BCUT2D eigenvalue weighted by molar-refractivity contribution is -0.139. The summed E-state index contributed by atoms with van der Waals surface area (Å²) < 4.78 is 6.24. The summed E-state index contributed by atoms with van der Waals surface area (Å²) in [6.45, 7) is 4.17. The van der Waals surface area contributed by atoms with Crippen LogP contribution in [0.5, 0.6) is 0 Å². The Labute approximate surface area is 224 Å². The number of aromatic nitrogens is 2. The molecule has 1 spiro atoms. The zero-order valence-corrected chi connectivity index (χ0v) is 22.3. The fourth-order valence-corrected chi connectivity index (χ4v) is 5.94. The molecule has 1 saturated carbocycles. The minimum atomic E-state index is -0.963. The first-order valence-corrected chi connectivity index (χ1v) is 13.5. The molecule has 2 aromatic rings. The minimum absolute atomic E-state index is 0.121. The van der Waals surface area contributed by atoms with Crippen molar-refractivity contribution in [1.82, 2.24) is 15.3 Å². The van der Waals surface area contributed by atoms with Crippen LogP contribution >= 0.6 is 35.0 Å². The first-order chi connectivity index (χ1) is 17.2. The maximum Gasteiger partial charge on any atom is 0.326 e. The van der Waals surface area contributed by atoms with Crippen LogP contribution in [0.1, 0.15) is 62.0 Å². The molecule has 0 aromatic carbocycles. The second-order valence-corrected chi connectivity index (χ2v) is 11.6. The van der Waals surface area contributed by atoms with Gasteiger partial charge in [-0.2, -0.15) is 0 Å². The number of anilines is 1. The third kappa shape index (κ3) is 5.90. The van der Waals surface area contributed by atoms with Crippen molar-refractivity contribution in [3.63, 3.8) is 0 Å². The second kappa shape index (κ2) is 11.3. The Balaban J connectivity index is 1.46. The van der Waals surface area contributed by atoms with Crippen LogP contribution in [-0.2, 0) is 16.0 Å². The number of halogens is 2. The van der Waals surface area contributed by atoms with Crippen molar-refractivity contribution in [1.29, 1.82) is 0 Å². The third-order valence-electron chi connectivity index (χ3n) is 6.14. The molecule has 0 unspecified atom stereocenters. The Hall–Kier alpha value is -2.49. The zero-order chi connectivity index (χ0) is 25.9. The molecule has 1 aliphatic carbocycles. The fraction of sp³-hybridized carbons (Fsp3) is 0.440. The van der Waals surface area contributed by atoms with Gasteiger partial charge in [-0.25, -0.2) is 4.79 Å². The van der Waals surface area contributed by atoms with Gasteiger partial charge in [0.15, 0.2) is 10.7 Å². The number of rotatable bonds is 9. The normalized spacial score (nSPS) is 17.4. The molecule has 0 radical (unpaired) electrons. The van der Waals surface area contributed by atoms with E-state index in [2.05, 4.69) is 34.4 Å². The van der Waals surface area contributed by atoms with Crippen molar-refractivity contribution in [2.45, 2.75) is 69.3 Å². The van der Waals surface area contributed by atoms with Gasteiger partial charge in [0.2, 0.25) is 0 Å². The number of carbonyl (C=O) groups is 2. The summed E-state index contributed by atoms with van der Waals surface area (Å²) in [5.74, 6) is -1.45. The van der Waals surface area contributed by atoms with Gasteiger partial charge in [-0.05, 0) is 37.8 Å². The Kier molecular flexibility index (Phi) is 8.32. The van der Waals surface area contributed by atoms with Crippen molar-refractivity contribution in [2.75, 3.05) is 5.32 Å². The van der Waals surface area contributed by atoms with E-state index in [9.17, 15) is 14.7 Å². The van der Waals surface area contributed by atoms with Gasteiger partial charge in [0.05, 0.1) is 27.5 Å². The summed E-state index contributed by atoms with van der Waals surface area (Å²) in [7, 11) is 0. The Bertz CT molecular complexity index is 1150. The standard InChI is InChI=1S/C25H28Cl2N4O4S/c1-14(2)36-24-21(25(35-24)8-4-3-5-9-25)31-19(23(33)34)10-15-6-7-16(11-29-15)30-22(32)20-17(26)12-28-13-18(20)27/h6-7,11-14,19,31H,3-5,8-10H2,1-2H3,(H,30,32)(H,33,34)/t19-/m0/s1. The molecule has 3 N–H and O–H groups in total. The number of nitrogens with zero attached hydrogens (tertiary/aromatic N) is 2. The number of nitrogens with one attached hydrogen (secondary N) is 2. The number of thioether (sulfide) groups is 1. The van der Waals surface area contributed by atoms with Crippen LogP contribution in [0.2, 0.25) is 10.0 Å². The molecule has 1 atom stereocenters. The highest BCUT2D eigenvalue weighted by Crippen LogP contribution is 2.50. The smallest absolute Gasteiger partial charge is 0.326 e. The molecule has 0 saturated heterocycles. The molecule has 2 aromatic heterocycles. The van der Waals surface area contributed by atoms with Crippen LogP contribution in [0, 0.1) is 0 Å². The van der Waals surface area contributed by atoms with E-state index < -0.39 is 23.5 Å². The number of carbonyl (C=O) groups excluding carboxylic acids is 1. The lowest BCUT2D eigenvalue weighted by Crippen LogP contribution is -2.54. The lowest BCUT2D eigenvalue weighted by Gasteiger charge is -2.49. The van der Waals surface area contributed by atoms with Crippen LogP contribution in [-0.4, -0.2) is 43.8 Å². The van der Waals surface area contributed by atoms with E-state index in [1.807, 2.05) is 0 Å². The number of hydrogen-bond acceptors (Lipinski definition) is 7. The average Bonchev–Trinajstić information content (AvgIpc) is 2.82. The number of amides is 1. The quantitative estimate of drug-likeness (QED) is 0.366. The predicted octanol–water partition coefficient (Wildman–Crippen LogP) is 5.66. The molecule has 8 nitrogen and oxygen atoms in total. The summed E-state index contributed by atoms with van der Waals surface area (Å²) in [4.78, 5) is 33.0. The van der Waals surface area contributed by atoms with Crippen LogP contribution < -0.4 is 10.6 Å². The van der Waals surface area contributed by atoms with E-state index in [0.29, 0.717) is 16.6 Å². The highest BCUT2D eigenvalue weighted by atomic mass is 35.5. The van der Waals surface area contributed by atoms with Crippen molar-refractivity contribution in [2.24, 2.45) is 0 Å². The van der Waals surface area contributed by atoms with Crippen molar-refractivity contribution in [3.05, 3.63) is 62.8 Å². The molecule has 1 fully saturated rings. The van der Waals surface area contributed by atoms with E-state index in [1.54, 1.807) is 23.9 Å². The molecule has 1 amide bonds. The highest BCUT2D eigenvalue weighted by molar-refractivity contribution is 8.03. The summed E-state index contributed by atoms with van der Waals surface area (Å²) >= 11 is 13.7. The number of carboxylic acid groups (broad SMARTS) is 1. The topological polar surface area (TPSA) is 113 Å². The molecule has 3 heterocycles. The van der Waals surface area contributed by atoms with Gasteiger partial charge in [0.25, 0.3) is 5.91 Å². The SMILES string of the molecule is CC(C)SC1=C(N[C@@H](Cc2ccc(NC(=O)c3c(Cl)cncc3Cl)cn2)C(=O)O)C2(CCCCC2)O1. The van der Waals surface area contributed by atoms with Crippen molar-refractivity contribution >= 4 is 52.5 Å². The number of ether oxygens (including phenoxy) is 1. The molecular weight excluding hydrogens is 523 g/mol. The summed E-state index contributed by atoms with van der Waals surface area (Å²) in [5.41, 5.74) is 1.63. The van der Waals surface area contributed by atoms with Gasteiger partial charge < -0.3 is 20.5 Å². The number of aliphatic carboxylic acids is 1. The first-order valence-electron chi connectivity index (χ1n) is 11.8. The number of pyridine rings is 2. The maximum atomic E-state index is 12.6. The van der Waals surface area contributed by atoms with E-state index >= 15 is 0 Å². The average molecular weight is 551 g/mol. The summed E-state index contributed by atoms with van der Waals surface area (Å²) in [6.07, 6.45) is 9.40. The maximum absolute atomic E-state index is 12.6. The molecule has 2 aliphatic rings. The highest BCUT2D eigenvalue weighted by Gasteiger charge is 2.50. The van der Waals surface area contributed by atoms with E-state index in [1.165, 1.54) is 25.0 Å². The molecule has 0 bridgehead atoms. The minimum Gasteiger partial charge on any atom is -0.480 e. The van der Waals surface area contributed by atoms with Gasteiger partial charge in [-0.1, -0.05) is 55.2 Å². The Morgan fingerprint density at radius 3 is 2.42 bits per heavy atom. The van der Waals surface area contributed by atoms with E-state index in [-0.39, 0.29) is 22.0 Å². The first kappa shape index (κ1) is 26.6. The van der Waals surface area contributed by atoms with Crippen molar-refractivity contribution < 1.29 is 19.4 Å². The van der Waals surface area contributed by atoms with Gasteiger partial charge in [0.1, 0.15) is 11.7 Å². The van der Waals surface area contributed by atoms with Crippen LogP contribution in [0.15, 0.2) is 41.5 Å². The summed E-state index contributed by atoms with van der Waals surface area (Å²) in [6, 6.07) is 2.48. The number of carboxylic acids is 1. The molecule has 1 aliphatic heterocycles. The van der Waals surface area contributed by atoms with E-state index in [0.717, 1.165) is 36.5 Å². The molecule has 11 heteroatoms. The van der Waals surface area contributed by atoms with Crippen LogP contribution in [0.3, 0.4) is 0 Å². The zero-order valence-electron chi connectivity index (χ0n) is 20.0. The fourth-order valence-electron chi connectivity index (χ4n) is 4.41. The lowest BCUT2D eigenvalue weighted by atomic mass is 9.80. The van der Waals surface area contributed by atoms with E-state index in [4.69, 9.17) is 27.9 Å². The van der Waals surface area contributed by atoms with Crippen LogP contribution in [0.4, 0.5) is 5.69 Å². The molecule has 4 rings (SSSR count). The Morgan fingerprint density at radius 2 is 1.83 bits per heavy atom. The van der Waals surface area contributed by atoms with Crippen LogP contribution in [0.25, 0.3) is 0 Å². The van der Waals surface area contributed by atoms with Gasteiger partial charge in [-0.3, -0.25) is 14.8 Å². The summed E-state index contributed by atoms with van der Waals surface area (Å²) in [5, 5.41) is 17.3. The predicted molar refractivity (Wildman–Crippen MR) is 141 cm³/mol. The largest absolute Gasteiger partial charge is 0.480 e. The molecule has 192 valence electrons. The van der Waals surface area contributed by atoms with Gasteiger partial charge in [0, 0.05) is 29.8 Å². The van der Waals surface area contributed by atoms with Gasteiger partial charge >= 0.3 is 5.97 Å². The third-order valence-corrected chi connectivity index (χ3v) is 7.69. The Morgan fingerprint density at radius 1 is 1.14 bits per heavy atom.